The number of aromatic nitrogens is 3. The monoisotopic (exact) mass is 349 g/mol. The topological polar surface area (TPSA) is 38.7 Å². The summed E-state index contributed by atoms with van der Waals surface area (Å²) < 4.78 is 26.5. The normalized spacial score (nSPS) is 10.5. The Morgan fingerprint density at radius 2 is 1.31 bits per heavy atom. The molecule has 3 nitrogen and oxygen atoms in total. The highest BCUT2D eigenvalue weighted by Gasteiger charge is 2.08. The second-order valence-corrected chi connectivity index (χ2v) is 4.27. The number of halogens is 4. The summed E-state index contributed by atoms with van der Waals surface area (Å²) in [5, 5.41) is 0. The van der Waals surface area contributed by atoms with Crippen molar-refractivity contribution < 1.29 is 8.78 Å². The molecule has 0 atom stereocenters. The molecular weight excluding hydrogens is 348 g/mol. The van der Waals surface area contributed by atoms with Crippen LogP contribution in [0.25, 0.3) is 11.4 Å². The predicted octanol–water partition coefficient (Wildman–Crippen LogP) is 3.34. The molecule has 0 aliphatic heterocycles. The molecule has 0 saturated heterocycles. The fraction of sp³-hybridized carbons (Fsp3) is 0. The van der Waals surface area contributed by atoms with Crippen LogP contribution < -0.4 is 0 Å². The quantitative estimate of drug-likeness (QED) is 0.791. The zero-order chi connectivity index (χ0) is 11.7. The smallest absolute Gasteiger partial charge is 0.201 e. The molecule has 1 heterocycles. The van der Waals surface area contributed by atoms with E-state index in [1.807, 2.05) is 0 Å². The Morgan fingerprint density at radius 3 is 1.81 bits per heavy atom. The molecule has 1 aromatic heterocycles. The van der Waals surface area contributed by atoms with E-state index in [1.165, 1.54) is 0 Å². The summed E-state index contributed by atoms with van der Waals surface area (Å²) in [6.07, 6.45) is 0. The summed E-state index contributed by atoms with van der Waals surface area (Å²) in [6, 6.07) is 3.09. The van der Waals surface area contributed by atoms with Crippen LogP contribution in [0.4, 0.5) is 8.78 Å². The van der Waals surface area contributed by atoms with Gasteiger partial charge in [-0.2, -0.15) is 4.98 Å². The third-order valence-corrected chi connectivity index (χ3v) is 2.41. The molecule has 16 heavy (non-hydrogen) atoms. The van der Waals surface area contributed by atoms with Crippen molar-refractivity contribution in [1.29, 1.82) is 0 Å². The molecule has 2 aromatic rings. The standard InChI is InChI=1S/C9H3Br2F2N3/c10-8-14-7(15-9(11)16-8)4-1-5(12)3-6(13)2-4/h1-3H. The highest BCUT2D eigenvalue weighted by atomic mass is 79.9. The second kappa shape index (κ2) is 4.50. The van der Waals surface area contributed by atoms with Crippen molar-refractivity contribution in [1.82, 2.24) is 15.0 Å². The van der Waals surface area contributed by atoms with Crippen molar-refractivity contribution in [3.8, 4) is 11.4 Å². The first-order valence-corrected chi connectivity index (χ1v) is 5.67. The Morgan fingerprint density at radius 1 is 0.812 bits per heavy atom. The van der Waals surface area contributed by atoms with E-state index < -0.39 is 11.6 Å². The lowest BCUT2D eigenvalue weighted by Crippen LogP contribution is -1.95. The van der Waals surface area contributed by atoms with E-state index >= 15 is 0 Å². The minimum absolute atomic E-state index is 0.187. The van der Waals surface area contributed by atoms with Gasteiger partial charge in [0.05, 0.1) is 0 Å². The molecule has 0 unspecified atom stereocenters. The van der Waals surface area contributed by atoms with Crippen LogP contribution in [0.15, 0.2) is 27.7 Å². The average Bonchev–Trinajstić information content (AvgIpc) is 2.14. The van der Waals surface area contributed by atoms with Gasteiger partial charge in [-0.15, -0.1) is 0 Å². The second-order valence-electron chi connectivity index (χ2n) is 2.86. The molecule has 0 N–H and O–H groups in total. The number of hydrogen-bond acceptors (Lipinski definition) is 3. The lowest BCUT2D eigenvalue weighted by atomic mass is 10.2. The van der Waals surface area contributed by atoms with Crippen molar-refractivity contribution in [2.75, 3.05) is 0 Å². The van der Waals surface area contributed by atoms with Crippen molar-refractivity contribution in [3.05, 3.63) is 39.3 Å². The summed E-state index contributed by atoms with van der Waals surface area (Å²) in [4.78, 5) is 11.7. The molecule has 0 saturated carbocycles. The molecule has 82 valence electrons. The SMILES string of the molecule is Fc1cc(F)cc(-c2nc(Br)nc(Br)n2)c1. The van der Waals surface area contributed by atoms with Crippen LogP contribution in [0, 0.1) is 11.6 Å². The van der Waals surface area contributed by atoms with E-state index in [4.69, 9.17) is 0 Å². The first-order valence-electron chi connectivity index (χ1n) is 4.08. The maximum atomic E-state index is 13.0. The van der Waals surface area contributed by atoms with Crippen molar-refractivity contribution in [2.45, 2.75) is 0 Å². The van der Waals surface area contributed by atoms with Crippen LogP contribution in [0.5, 0.6) is 0 Å². The lowest BCUT2D eigenvalue weighted by Gasteiger charge is -2.01. The molecule has 0 bridgehead atoms. The van der Waals surface area contributed by atoms with Crippen LogP contribution in [0.1, 0.15) is 0 Å². The molecule has 0 radical (unpaired) electrons. The molecular formula is C9H3Br2F2N3. The molecule has 0 amide bonds. The Balaban J connectivity index is 2.57. The summed E-state index contributed by atoms with van der Waals surface area (Å²) in [7, 11) is 0. The summed E-state index contributed by atoms with van der Waals surface area (Å²) in [5.74, 6) is -1.17. The van der Waals surface area contributed by atoms with Crippen LogP contribution >= 0.6 is 31.9 Å². The van der Waals surface area contributed by atoms with Crippen LogP contribution in [0.3, 0.4) is 0 Å². The van der Waals surface area contributed by atoms with Crippen LogP contribution in [0.2, 0.25) is 0 Å². The Hall–Kier alpha value is -0.950. The fourth-order valence-corrected chi connectivity index (χ4v) is 2.05. The maximum Gasteiger partial charge on any atom is 0.201 e. The number of hydrogen-bond donors (Lipinski definition) is 0. The van der Waals surface area contributed by atoms with Gasteiger partial charge >= 0.3 is 0 Å². The van der Waals surface area contributed by atoms with Crippen molar-refractivity contribution in [2.24, 2.45) is 0 Å². The van der Waals surface area contributed by atoms with Gasteiger partial charge in [0.1, 0.15) is 11.6 Å². The van der Waals surface area contributed by atoms with Gasteiger partial charge in [0.25, 0.3) is 0 Å². The average molecular weight is 351 g/mol. The minimum Gasteiger partial charge on any atom is -0.207 e. The molecule has 0 aliphatic carbocycles. The Bertz CT molecular complexity index is 458. The molecule has 0 aliphatic rings. The Kier molecular flexibility index (Phi) is 3.25. The van der Waals surface area contributed by atoms with Crippen molar-refractivity contribution in [3.63, 3.8) is 0 Å². The third-order valence-electron chi connectivity index (χ3n) is 1.70. The van der Waals surface area contributed by atoms with E-state index in [-0.39, 0.29) is 20.9 Å². The van der Waals surface area contributed by atoms with Gasteiger partial charge in [-0.05, 0) is 44.0 Å². The van der Waals surface area contributed by atoms with Gasteiger partial charge in [0.2, 0.25) is 9.47 Å². The summed E-state index contributed by atoms with van der Waals surface area (Å²) in [5.41, 5.74) is 0.251. The molecule has 7 heteroatoms. The maximum absolute atomic E-state index is 13.0. The van der Waals surface area contributed by atoms with E-state index in [0.717, 1.165) is 18.2 Å². The number of rotatable bonds is 1. The minimum atomic E-state index is -0.678. The summed E-state index contributed by atoms with van der Waals surface area (Å²) >= 11 is 6.14. The number of benzene rings is 1. The summed E-state index contributed by atoms with van der Waals surface area (Å²) in [6.45, 7) is 0. The van der Waals surface area contributed by atoms with Crippen molar-refractivity contribution >= 4 is 31.9 Å². The van der Waals surface area contributed by atoms with E-state index in [1.54, 1.807) is 0 Å². The molecule has 2 rings (SSSR count). The van der Waals surface area contributed by atoms with Gasteiger partial charge < -0.3 is 0 Å². The first kappa shape index (κ1) is 11.5. The van der Waals surface area contributed by atoms with E-state index in [9.17, 15) is 8.78 Å². The molecule has 0 spiro atoms. The van der Waals surface area contributed by atoms with Gasteiger partial charge in [-0.3, -0.25) is 0 Å². The highest BCUT2D eigenvalue weighted by molar-refractivity contribution is 9.11. The zero-order valence-corrected chi connectivity index (χ0v) is 10.8. The van der Waals surface area contributed by atoms with Crippen LogP contribution in [-0.4, -0.2) is 15.0 Å². The van der Waals surface area contributed by atoms with Gasteiger partial charge in [0.15, 0.2) is 5.82 Å². The lowest BCUT2D eigenvalue weighted by molar-refractivity contribution is 0.584. The van der Waals surface area contributed by atoms with E-state index in [2.05, 4.69) is 46.8 Å². The zero-order valence-electron chi connectivity index (χ0n) is 7.59. The van der Waals surface area contributed by atoms with Crippen LogP contribution in [-0.2, 0) is 0 Å². The largest absolute Gasteiger partial charge is 0.207 e. The van der Waals surface area contributed by atoms with Gasteiger partial charge in [0, 0.05) is 11.6 Å². The highest BCUT2D eigenvalue weighted by Crippen LogP contribution is 2.20. The first-order chi connectivity index (χ1) is 7.54. The van der Waals surface area contributed by atoms with E-state index in [0.29, 0.717) is 0 Å². The molecule has 1 aromatic carbocycles. The Labute approximate surface area is 106 Å². The van der Waals surface area contributed by atoms with Gasteiger partial charge in [-0.1, -0.05) is 0 Å². The van der Waals surface area contributed by atoms with Gasteiger partial charge in [-0.25, -0.2) is 18.7 Å². The fourth-order valence-electron chi connectivity index (χ4n) is 1.14. The third kappa shape index (κ3) is 2.59. The number of nitrogens with zero attached hydrogens (tertiary/aromatic N) is 3. The molecule has 0 fully saturated rings. The predicted molar refractivity (Wildman–Crippen MR) is 60.6 cm³/mol.